The Hall–Kier alpha value is -2.62. The Morgan fingerprint density at radius 2 is 1.85 bits per heavy atom. The molecule has 3 aromatic rings. The molecule has 98 valence electrons. The number of anilines is 1. The highest BCUT2D eigenvalue weighted by atomic mass is 16.1. The average Bonchev–Trinajstić information content (AvgIpc) is 3.01. The van der Waals surface area contributed by atoms with Gasteiger partial charge in [-0.05, 0) is 11.5 Å². The van der Waals surface area contributed by atoms with Crippen LogP contribution in [0.25, 0.3) is 16.4 Å². The largest absolute Gasteiger partial charge is 0.349 e. The molecule has 1 aliphatic heterocycles. The fourth-order valence-corrected chi connectivity index (χ4v) is 2.64. The first-order chi connectivity index (χ1) is 9.83. The first-order valence-electron chi connectivity index (χ1n) is 6.64. The SMILES string of the molecule is O=c1cc(N2CC=CC2)nc2c3ccccc3ccn12. The summed E-state index contributed by atoms with van der Waals surface area (Å²) in [7, 11) is 0. The smallest absolute Gasteiger partial charge is 0.259 e. The number of hydrogen-bond acceptors (Lipinski definition) is 3. The van der Waals surface area contributed by atoms with Gasteiger partial charge in [0.2, 0.25) is 0 Å². The number of fused-ring (bicyclic) bond motifs is 3. The van der Waals surface area contributed by atoms with Gasteiger partial charge in [0.1, 0.15) is 11.5 Å². The molecule has 0 bridgehead atoms. The second kappa shape index (κ2) is 4.20. The Labute approximate surface area is 115 Å². The molecule has 1 aliphatic rings. The van der Waals surface area contributed by atoms with E-state index in [4.69, 9.17) is 4.98 Å². The minimum absolute atomic E-state index is 0.0392. The summed E-state index contributed by atoms with van der Waals surface area (Å²) in [5.41, 5.74) is 0.681. The molecule has 0 saturated carbocycles. The minimum atomic E-state index is -0.0392. The molecule has 4 rings (SSSR count). The second-order valence-electron chi connectivity index (χ2n) is 4.93. The summed E-state index contributed by atoms with van der Waals surface area (Å²) in [6, 6.07) is 11.6. The molecule has 0 spiro atoms. The molecule has 0 fully saturated rings. The maximum absolute atomic E-state index is 12.3. The van der Waals surface area contributed by atoms with E-state index in [1.165, 1.54) is 0 Å². The summed E-state index contributed by atoms with van der Waals surface area (Å²) >= 11 is 0. The van der Waals surface area contributed by atoms with E-state index in [1.54, 1.807) is 16.7 Å². The van der Waals surface area contributed by atoms with Crippen LogP contribution in [0.5, 0.6) is 0 Å². The number of hydrogen-bond donors (Lipinski definition) is 0. The van der Waals surface area contributed by atoms with Crippen LogP contribution in [0, 0.1) is 0 Å². The number of nitrogens with zero attached hydrogens (tertiary/aromatic N) is 3. The maximum Gasteiger partial charge on any atom is 0.259 e. The van der Waals surface area contributed by atoms with Gasteiger partial charge in [-0.1, -0.05) is 36.4 Å². The second-order valence-corrected chi connectivity index (χ2v) is 4.93. The molecular formula is C16H13N3O. The lowest BCUT2D eigenvalue weighted by Gasteiger charge is -2.17. The van der Waals surface area contributed by atoms with Crippen molar-refractivity contribution in [2.45, 2.75) is 0 Å². The number of benzene rings is 1. The zero-order valence-electron chi connectivity index (χ0n) is 10.9. The Morgan fingerprint density at radius 3 is 2.70 bits per heavy atom. The van der Waals surface area contributed by atoms with Crippen LogP contribution < -0.4 is 10.5 Å². The van der Waals surface area contributed by atoms with Crippen molar-refractivity contribution in [3.63, 3.8) is 0 Å². The van der Waals surface area contributed by atoms with Crippen molar-refractivity contribution in [1.82, 2.24) is 9.38 Å². The van der Waals surface area contributed by atoms with Crippen LogP contribution in [0.4, 0.5) is 5.82 Å². The fraction of sp³-hybridized carbons (Fsp3) is 0.125. The third kappa shape index (κ3) is 1.61. The van der Waals surface area contributed by atoms with E-state index < -0.39 is 0 Å². The molecule has 20 heavy (non-hydrogen) atoms. The van der Waals surface area contributed by atoms with Gasteiger partial charge in [0.25, 0.3) is 5.56 Å². The standard InChI is InChI=1S/C16H13N3O/c20-15-11-14(18-8-3-4-9-18)17-16-13-6-2-1-5-12(13)7-10-19(15)16/h1-7,10-11H,8-9H2. The summed E-state index contributed by atoms with van der Waals surface area (Å²) < 4.78 is 1.61. The van der Waals surface area contributed by atoms with Crippen LogP contribution >= 0.6 is 0 Å². The Bertz CT molecular complexity index is 887. The van der Waals surface area contributed by atoms with E-state index in [9.17, 15) is 4.79 Å². The van der Waals surface area contributed by atoms with Gasteiger partial charge in [0.15, 0.2) is 0 Å². The van der Waals surface area contributed by atoms with Gasteiger partial charge in [0.05, 0.1) is 0 Å². The zero-order valence-corrected chi connectivity index (χ0v) is 10.9. The molecule has 0 atom stereocenters. The van der Waals surface area contributed by atoms with Crippen molar-refractivity contribution in [1.29, 1.82) is 0 Å². The molecule has 4 nitrogen and oxygen atoms in total. The molecule has 0 N–H and O–H groups in total. The van der Waals surface area contributed by atoms with Gasteiger partial charge < -0.3 is 4.90 Å². The molecule has 0 radical (unpaired) electrons. The summed E-state index contributed by atoms with van der Waals surface area (Å²) in [6.45, 7) is 1.63. The molecular weight excluding hydrogens is 250 g/mol. The predicted molar refractivity (Wildman–Crippen MR) is 80.3 cm³/mol. The predicted octanol–water partition coefficient (Wildman–Crippen LogP) is 2.22. The molecule has 0 amide bonds. The first-order valence-corrected chi connectivity index (χ1v) is 6.64. The van der Waals surface area contributed by atoms with E-state index in [0.29, 0.717) is 0 Å². The highest BCUT2D eigenvalue weighted by Crippen LogP contribution is 2.20. The third-order valence-corrected chi connectivity index (χ3v) is 3.69. The Balaban J connectivity index is 2.05. The van der Waals surface area contributed by atoms with Crippen molar-refractivity contribution in [3.05, 3.63) is 65.1 Å². The summed E-state index contributed by atoms with van der Waals surface area (Å²) in [6.07, 6.45) is 5.97. The summed E-state index contributed by atoms with van der Waals surface area (Å²) in [4.78, 5) is 19.1. The van der Waals surface area contributed by atoms with E-state index in [-0.39, 0.29) is 5.56 Å². The lowest BCUT2D eigenvalue weighted by Crippen LogP contribution is -2.24. The lowest BCUT2D eigenvalue weighted by molar-refractivity contribution is 0.946. The molecule has 2 aromatic heterocycles. The first kappa shape index (κ1) is 11.2. The van der Waals surface area contributed by atoms with E-state index in [0.717, 1.165) is 35.3 Å². The Kier molecular flexibility index (Phi) is 2.36. The Morgan fingerprint density at radius 1 is 1.05 bits per heavy atom. The van der Waals surface area contributed by atoms with E-state index >= 15 is 0 Å². The fourth-order valence-electron chi connectivity index (χ4n) is 2.64. The van der Waals surface area contributed by atoms with Crippen molar-refractivity contribution >= 4 is 22.2 Å². The van der Waals surface area contributed by atoms with Crippen LogP contribution in [-0.4, -0.2) is 22.5 Å². The number of pyridine rings is 1. The van der Waals surface area contributed by atoms with Crippen molar-refractivity contribution in [2.24, 2.45) is 0 Å². The summed E-state index contributed by atoms with van der Waals surface area (Å²) in [5.74, 6) is 0.747. The van der Waals surface area contributed by atoms with Crippen LogP contribution in [0.2, 0.25) is 0 Å². The number of rotatable bonds is 1. The van der Waals surface area contributed by atoms with Gasteiger partial charge in [-0.3, -0.25) is 9.20 Å². The minimum Gasteiger partial charge on any atom is -0.349 e. The molecule has 0 aliphatic carbocycles. The third-order valence-electron chi connectivity index (χ3n) is 3.69. The molecule has 0 unspecified atom stereocenters. The maximum atomic E-state index is 12.3. The van der Waals surface area contributed by atoms with Gasteiger partial charge in [-0.2, -0.15) is 0 Å². The average molecular weight is 263 g/mol. The summed E-state index contributed by atoms with van der Waals surface area (Å²) in [5, 5.41) is 2.09. The van der Waals surface area contributed by atoms with Gasteiger partial charge in [-0.25, -0.2) is 4.98 Å². The topological polar surface area (TPSA) is 37.6 Å². The van der Waals surface area contributed by atoms with Crippen molar-refractivity contribution in [3.8, 4) is 0 Å². The number of aromatic nitrogens is 2. The van der Waals surface area contributed by atoms with Crippen LogP contribution in [-0.2, 0) is 0 Å². The molecule has 4 heteroatoms. The van der Waals surface area contributed by atoms with Gasteiger partial charge in [0, 0.05) is 30.7 Å². The van der Waals surface area contributed by atoms with Crippen LogP contribution in [0.15, 0.2) is 59.5 Å². The normalized spacial score (nSPS) is 14.5. The van der Waals surface area contributed by atoms with Crippen molar-refractivity contribution < 1.29 is 0 Å². The monoisotopic (exact) mass is 263 g/mol. The van der Waals surface area contributed by atoms with Crippen LogP contribution in [0.3, 0.4) is 0 Å². The van der Waals surface area contributed by atoms with Crippen molar-refractivity contribution in [2.75, 3.05) is 18.0 Å². The highest BCUT2D eigenvalue weighted by molar-refractivity contribution is 5.94. The lowest BCUT2D eigenvalue weighted by atomic mass is 10.2. The zero-order chi connectivity index (χ0) is 13.5. The van der Waals surface area contributed by atoms with E-state index in [1.807, 2.05) is 30.3 Å². The highest BCUT2D eigenvalue weighted by Gasteiger charge is 2.12. The van der Waals surface area contributed by atoms with Gasteiger partial charge >= 0.3 is 0 Å². The molecule has 3 heterocycles. The molecule has 0 saturated heterocycles. The molecule has 1 aromatic carbocycles. The van der Waals surface area contributed by atoms with E-state index in [2.05, 4.69) is 17.1 Å². The quantitative estimate of drug-likeness (QED) is 0.499. The van der Waals surface area contributed by atoms with Crippen LogP contribution in [0.1, 0.15) is 0 Å². The van der Waals surface area contributed by atoms with Gasteiger partial charge in [-0.15, -0.1) is 0 Å².